The average Bonchev–Trinajstić information content (AvgIpc) is 2.71. The highest BCUT2D eigenvalue weighted by Gasteiger charge is 2.16. The van der Waals surface area contributed by atoms with Crippen molar-refractivity contribution in [2.45, 2.75) is 18.2 Å². The molecule has 0 aliphatic rings. The van der Waals surface area contributed by atoms with E-state index in [2.05, 4.69) is 10.0 Å². The first kappa shape index (κ1) is 20.6. The zero-order valence-electron chi connectivity index (χ0n) is 15.9. The highest BCUT2D eigenvalue weighted by Crippen LogP contribution is 2.20. The molecule has 150 valence electrons. The minimum atomic E-state index is -3.75. The number of rotatable bonds is 7. The van der Waals surface area contributed by atoms with Crippen LogP contribution < -0.4 is 10.0 Å². The number of aliphatic hydroxyl groups is 1. The number of anilines is 2. The van der Waals surface area contributed by atoms with Crippen molar-refractivity contribution in [1.82, 2.24) is 0 Å². The van der Waals surface area contributed by atoms with Crippen LogP contribution in [0.15, 0.2) is 77.7 Å². The molecule has 0 saturated carbocycles. The first-order valence-electron chi connectivity index (χ1n) is 9.09. The van der Waals surface area contributed by atoms with Crippen molar-refractivity contribution in [3.63, 3.8) is 0 Å². The van der Waals surface area contributed by atoms with E-state index in [1.807, 2.05) is 31.2 Å². The third-order valence-electron chi connectivity index (χ3n) is 4.43. The Balaban J connectivity index is 1.70. The molecule has 0 unspecified atom stereocenters. The summed E-state index contributed by atoms with van der Waals surface area (Å²) in [4.78, 5) is 12.5. The molecule has 0 spiro atoms. The predicted octanol–water partition coefficient (Wildman–Crippen LogP) is 3.58. The number of amides is 1. The molecule has 6 nitrogen and oxygen atoms in total. The van der Waals surface area contributed by atoms with E-state index in [1.165, 1.54) is 24.3 Å². The molecule has 7 heteroatoms. The van der Waals surface area contributed by atoms with Gasteiger partial charge in [-0.25, -0.2) is 8.42 Å². The van der Waals surface area contributed by atoms with E-state index in [0.717, 1.165) is 11.1 Å². The molecule has 0 aliphatic heterocycles. The van der Waals surface area contributed by atoms with Crippen LogP contribution in [0.25, 0.3) is 0 Å². The molecule has 3 N–H and O–H groups in total. The Bertz CT molecular complexity index is 1090. The molecule has 0 bridgehead atoms. The van der Waals surface area contributed by atoms with Crippen LogP contribution in [0.3, 0.4) is 0 Å². The van der Waals surface area contributed by atoms with Gasteiger partial charge >= 0.3 is 0 Å². The van der Waals surface area contributed by atoms with E-state index in [-0.39, 0.29) is 17.4 Å². The molecule has 0 radical (unpaired) electrons. The monoisotopic (exact) mass is 410 g/mol. The van der Waals surface area contributed by atoms with Gasteiger partial charge in [0.25, 0.3) is 15.9 Å². The minimum Gasteiger partial charge on any atom is -0.396 e. The second kappa shape index (κ2) is 8.89. The summed E-state index contributed by atoms with van der Waals surface area (Å²) in [6, 6.07) is 20.0. The number of para-hydroxylation sites is 1. The van der Waals surface area contributed by atoms with Crippen LogP contribution in [-0.4, -0.2) is 26.0 Å². The normalized spacial score (nSPS) is 11.1. The van der Waals surface area contributed by atoms with Crippen LogP contribution in [0, 0.1) is 6.92 Å². The van der Waals surface area contributed by atoms with Gasteiger partial charge in [0.05, 0.1) is 10.6 Å². The van der Waals surface area contributed by atoms with Gasteiger partial charge in [0.2, 0.25) is 0 Å². The fourth-order valence-corrected chi connectivity index (χ4v) is 3.89. The van der Waals surface area contributed by atoms with Crippen molar-refractivity contribution in [2.24, 2.45) is 0 Å². The van der Waals surface area contributed by atoms with Gasteiger partial charge in [-0.3, -0.25) is 9.52 Å². The maximum absolute atomic E-state index is 12.6. The fourth-order valence-electron chi connectivity index (χ4n) is 2.76. The molecule has 3 aromatic rings. The lowest BCUT2D eigenvalue weighted by Gasteiger charge is -2.11. The van der Waals surface area contributed by atoms with Gasteiger partial charge in [0, 0.05) is 17.9 Å². The van der Waals surface area contributed by atoms with Gasteiger partial charge in [-0.2, -0.15) is 0 Å². The average molecular weight is 410 g/mol. The van der Waals surface area contributed by atoms with E-state index < -0.39 is 10.0 Å². The van der Waals surface area contributed by atoms with Crippen LogP contribution in [0.1, 0.15) is 21.5 Å². The van der Waals surface area contributed by atoms with Crippen LogP contribution in [-0.2, 0) is 16.4 Å². The van der Waals surface area contributed by atoms with Crippen molar-refractivity contribution in [3.8, 4) is 0 Å². The summed E-state index contributed by atoms with van der Waals surface area (Å²) in [5.74, 6) is -0.337. The van der Waals surface area contributed by atoms with Crippen LogP contribution in [0.2, 0.25) is 0 Å². The van der Waals surface area contributed by atoms with Gasteiger partial charge in [-0.1, -0.05) is 30.3 Å². The summed E-state index contributed by atoms with van der Waals surface area (Å²) < 4.78 is 27.7. The molecule has 0 aliphatic carbocycles. The summed E-state index contributed by atoms with van der Waals surface area (Å²) in [5, 5.41) is 11.7. The molecule has 0 heterocycles. The lowest BCUT2D eigenvalue weighted by atomic mass is 10.1. The Kier molecular flexibility index (Phi) is 6.31. The summed E-state index contributed by atoms with van der Waals surface area (Å²) in [6.07, 6.45) is 0.556. The Labute approximate surface area is 170 Å². The molecule has 3 rings (SSSR count). The van der Waals surface area contributed by atoms with E-state index >= 15 is 0 Å². The number of carbonyl (C=O) groups is 1. The Morgan fingerprint density at radius 3 is 2.21 bits per heavy atom. The molecule has 0 saturated heterocycles. The molecule has 3 aromatic carbocycles. The number of aryl methyl sites for hydroxylation is 1. The zero-order chi connectivity index (χ0) is 20.9. The van der Waals surface area contributed by atoms with Crippen molar-refractivity contribution < 1.29 is 18.3 Å². The number of hydrogen-bond acceptors (Lipinski definition) is 4. The summed E-state index contributed by atoms with van der Waals surface area (Å²) in [6.45, 7) is 1.89. The van der Waals surface area contributed by atoms with Crippen molar-refractivity contribution in [1.29, 1.82) is 0 Å². The minimum absolute atomic E-state index is 0.0691. The molecule has 1 amide bonds. The van der Waals surface area contributed by atoms with Gasteiger partial charge in [-0.05, 0) is 66.9 Å². The third-order valence-corrected chi connectivity index (χ3v) is 5.81. The molecule has 0 fully saturated rings. The second-order valence-electron chi connectivity index (χ2n) is 6.57. The molecular weight excluding hydrogens is 388 g/mol. The maximum Gasteiger partial charge on any atom is 0.261 e. The van der Waals surface area contributed by atoms with Gasteiger partial charge in [-0.15, -0.1) is 0 Å². The number of aliphatic hydroxyl groups excluding tert-OH is 1. The predicted molar refractivity (Wildman–Crippen MR) is 114 cm³/mol. The number of sulfonamides is 1. The standard InChI is InChI=1S/C22H22N2O4S/c1-16-4-2-3-5-21(16)24-29(27,28)20-12-8-18(9-13-20)22(26)23-19-10-6-17(7-11-19)14-15-25/h2-13,24-25H,14-15H2,1H3,(H,23,26). The van der Waals surface area contributed by atoms with E-state index in [1.54, 1.807) is 24.3 Å². The zero-order valence-corrected chi connectivity index (χ0v) is 16.7. The number of nitrogens with one attached hydrogen (secondary N) is 2. The van der Waals surface area contributed by atoms with Gasteiger partial charge in [0.1, 0.15) is 0 Å². The Hall–Kier alpha value is -3.16. The van der Waals surface area contributed by atoms with Gasteiger partial charge < -0.3 is 10.4 Å². The second-order valence-corrected chi connectivity index (χ2v) is 8.25. The fraction of sp³-hybridized carbons (Fsp3) is 0.136. The quantitative estimate of drug-likeness (QED) is 0.555. The summed E-state index contributed by atoms with van der Waals surface area (Å²) >= 11 is 0. The first-order chi connectivity index (χ1) is 13.9. The molecule has 0 atom stereocenters. The molecular formula is C22H22N2O4S. The highest BCUT2D eigenvalue weighted by molar-refractivity contribution is 7.92. The van der Waals surface area contributed by atoms with E-state index in [4.69, 9.17) is 5.11 Å². The number of carbonyl (C=O) groups excluding carboxylic acids is 1. The number of hydrogen-bond donors (Lipinski definition) is 3. The van der Waals surface area contributed by atoms with Crippen molar-refractivity contribution in [3.05, 3.63) is 89.5 Å². The largest absolute Gasteiger partial charge is 0.396 e. The highest BCUT2D eigenvalue weighted by atomic mass is 32.2. The Morgan fingerprint density at radius 2 is 1.59 bits per heavy atom. The third kappa shape index (κ3) is 5.22. The molecule has 0 aromatic heterocycles. The topological polar surface area (TPSA) is 95.5 Å². The SMILES string of the molecule is Cc1ccccc1NS(=O)(=O)c1ccc(C(=O)Nc2ccc(CCO)cc2)cc1. The van der Waals surface area contributed by atoms with Crippen LogP contribution in [0.4, 0.5) is 11.4 Å². The summed E-state index contributed by atoms with van der Waals surface area (Å²) in [7, 11) is -3.75. The maximum atomic E-state index is 12.6. The van der Waals surface area contributed by atoms with Crippen LogP contribution >= 0.6 is 0 Å². The van der Waals surface area contributed by atoms with Gasteiger partial charge in [0.15, 0.2) is 0 Å². The van der Waals surface area contributed by atoms with Crippen molar-refractivity contribution in [2.75, 3.05) is 16.6 Å². The van der Waals surface area contributed by atoms with E-state index in [9.17, 15) is 13.2 Å². The lowest BCUT2D eigenvalue weighted by molar-refractivity contribution is 0.102. The molecule has 29 heavy (non-hydrogen) atoms. The number of benzene rings is 3. The smallest absolute Gasteiger partial charge is 0.261 e. The van der Waals surface area contributed by atoms with E-state index in [0.29, 0.717) is 23.4 Å². The van der Waals surface area contributed by atoms with Crippen molar-refractivity contribution >= 4 is 27.3 Å². The van der Waals surface area contributed by atoms with Crippen LogP contribution in [0.5, 0.6) is 0 Å². The lowest BCUT2D eigenvalue weighted by Crippen LogP contribution is -2.15. The Morgan fingerprint density at radius 1 is 0.931 bits per heavy atom. The first-order valence-corrected chi connectivity index (χ1v) is 10.6. The summed E-state index contributed by atoms with van der Waals surface area (Å²) in [5.41, 5.74) is 3.27.